The largest absolute Gasteiger partial charge is 0.452 e. The van der Waals surface area contributed by atoms with Gasteiger partial charge in [0.1, 0.15) is 12.2 Å². The lowest BCUT2D eigenvalue weighted by atomic mass is 10.0. The molecule has 0 radical (unpaired) electrons. The number of benzene rings is 2. The van der Waals surface area contributed by atoms with Crippen molar-refractivity contribution in [1.82, 2.24) is 14.8 Å². The molecule has 2 amide bonds. The van der Waals surface area contributed by atoms with Crippen LogP contribution in [0.25, 0.3) is 10.8 Å². The first kappa shape index (κ1) is 31.1. The van der Waals surface area contributed by atoms with Gasteiger partial charge in [-0.1, -0.05) is 61.2 Å². The Hall–Kier alpha value is -3.85. The van der Waals surface area contributed by atoms with E-state index in [-0.39, 0.29) is 35.5 Å². The van der Waals surface area contributed by atoms with Crippen LogP contribution in [0.4, 0.5) is 9.59 Å². The predicted molar refractivity (Wildman–Crippen MR) is 166 cm³/mol. The van der Waals surface area contributed by atoms with E-state index in [1.165, 1.54) is 6.08 Å². The second kappa shape index (κ2) is 14.4. The normalized spacial score (nSPS) is 16.7. The van der Waals surface area contributed by atoms with Crippen LogP contribution in [0.1, 0.15) is 38.3 Å². The fourth-order valence-corrected chi connectivity index (χ4v) is 6.23. The zero-order valence-corrected chi connectivity index (χ0v) is 25.3. The number of thioether (sulfide) groups is 1. The summed E-state index contributed by atoms with van der Waals surface area (Å²) in [7, 11) is 0. The molecule has 3 aromatic rings. The number of carbonyl (C=O) groups excluding carboxylic acids is 3. The van der Waals surface area contributed by atoms with Crippen molar-refractivity contribution in [1.29, 1.82) is 0 Å². The zero-order chi connectivity index (χ0) is 30.1. The maximum atomic E-state index is 13.7. The number of ether oxygens (including phenoxy) is 2. The van der Waals surface area contributed by atoms with E-state index in [0.717, 1.165) is 33.7 Å². The number of carbonyl (C=O) groups is 3. The highest BCUT2D eigenvalue weighted by Gasteiger charge is 2.39. The third kappa shape index (κ3) is 8.82. The third-order valence-corrected chi connectivity index (χ3v) is 7.93. The smallest absolute Gasteiger partial charge is 0.410 e. The number of likely N-dealkylation sites (tertiary alicyclic amines) is 1. The Balaban J connectivity index is 1.55. The van der Waals surface area contributed by atoms with Gasteiger partial charge < -0.3 is 19.3 Å². The van der Waals surface area contributed by atoms with E-state index in [0.29, 0.717) is 32.5 Å². The summed E-state index contributed by atoms with van der Waals surface area (Å²) in [6.45, 7) is 10.3. The van der Waals surface area contributed by atoms with Crippen LogP contribution in [0.15, 0.2) is 79.6 Å². The molecule has 4 rings (SSSR count). The topological polar surface area (TPSA) is 89.0 Å². The summed E-state index contributed by atoms with van der Waals surface area (Å²) in [5.41, 5.74) is 1.37. The molecule has 2 heterocycles. The van der Waals surface area contributed by atoms with Gasteiger partial charge in [0.25, 0.3) is 0 Å². The van der Waals surface area contributed by atoms with Gasteiger partial charge in [0.05, 0.1) is 12.5 Å². The van der Waals surface area contributed by atoms with Gasteiger partial charge in [0, 0.05) is 37.3 Å². The van der Waals surface area contributed by atoms with E-state index in [2.05, 4.69) is 35.8 Å². The molecule has 1 fully saturated rings. The lowest BCUT2D eigenvalue weighted by Gasteiger charge is -2.30. The van der Waals surface area contributed by atoms with Crippen molar-refractivity contribution < 1.29 is 23.9 Å². The molecule has 2 aromatic carbocycles. The third-order valence-electron chi connectivity index (χ3n) is 6.98. The van der Waals surface area contributed by atoms with E-state index in [9.17, 15) is 14.4 Å². The molecule has 0 unspecified atom stereocenters. The van der Waals surface area contributed by atoms with Gasteiger partial charge in [-0.2, -0.15) is 0 Å². The fraction of sp³-hybridized carbons (Fsp3) is 0.394. The van der Waals surface area contributed by atoms with E-state index >= 15 is 0 Å². The van der Waals surface area contributed by atoms with E-state index in [4.69, 9.17) is 9.47 Å². The first-order valence-corrected chi connectivity index (χ1v) is 15.1. The van der Waals surface area contributed by atoms with Crippen molar-refractivity contribution in [2.45, 2.75) is 56.9 Å². The van der Waals surface area contributed by atoms with Crippen molar-refractivity contribution in [2.24, 2.45) is 0 Å². The summed E-state index contributed by atoms with van der Waals surface area (Å²) in [6, 6.07) is 17.8. The molecule has 1 aliphatic rings. The van der Waals surface area contributed by atoms with Crippen molar-refractivity contribution in [3.63, 3.8) is 0 Å². The second-order valence-corrected chi connectivity index (χ2v) is 12.6. The molecular weight excluding hydrogens is 550 g/mol. The van der Waals surface area contributed by atoms with Gasteiger partial charge in [0.15, 0.2) is 0 Å². The van der Waals surface area contributed by atoms with Crippen LogP contribution in [0.2, 0.25) is 0 Å². The summed E-state index contributed by atoms with van der Waals surface area (Å²) in [6.07, 6.45) is 5.79. The second-order valence-electron chi connectivity index (χ2n) is 11.4. The van der Waals surface area contributed by atoms with E-state index in [1.54, 1.807) is 17.3 Å². The van der Waals surface area contributed by atoms with Crippen LogP contribution in [-0.2, 0) is 27.1 Å². The van der Waals surface area contributed by atoms with Crippen molar-refractivity contribution in [3.05, 3.63) is 90.8 Å². The van der Waals surface area contributed by atoms with Crippen molar-refractivity contribution in [3.8, 4) is 0 Å². The maximum Gasteiger partial charge on any atom is 0.410 e. The molecule has 0 spiro atoms. The van der Waals surface area contributed by atoms with Crippen LogP contribution < -0.4 is 0 Å². The standard InChI is InChI=1S/C33H39N3O5S/c1-5-18-40-31(38)36-23-28(42-32(39)41-33(2,3)4)20-27(36)22-35(30(37)19-24-10-9-16-34-21-24)17-15-26-13-8-12-25-11-6-7-14-29(25)26/h5-14,16,21,27-28H,1,15,17-20,22-23H2,2-4H3/t27-,28-/m0/s1. The summed E-state index contributed by atoms with van der Waals surface area (Å²) < 4.78 is 10.9. The predicted octanol–water partition coefficient (Wildman–Crippen LogP) is 6.28. The fourth-order valence-electron chi connectivity index (χ4n) is 5.11. The Morgan fingerprint density at radius 3 is 2.64 bits per heavy atom. The lowest BCUT2D eigenvalue weighted by molar-refractivity contribution is -0.131. The van der Waals surface area contributed by atoms with Gasteiger partial charge in [-0.15, -0.1) is 0 Å². The quantitative estimate of drug-likeness (QED) is 0.203. The number of nitrogens with zero attached hydrogens (tertiary/aromatic N) is 3. The molecule has 42 heavy (non-hydrogen) atoms. The van der Waals surface area contributed by atoms with Gasteiger partial charge in [-0.25, -0.2) is 9.59 Å². The Kier molecular flexibility index (Phi) is 10.6. The molecule has 0 saturated carbocycles. The highest BCUT2D eigenvalue weighted by molar-refractivity contribution is 8.13. The Morgan fingerprint density at radius 2 is 1.90 bits per heavy atom. The number of hydrogen-bond acceptors (Lipinski definition) is 7. The van der Waals surface area contributed by atoms with Crippen LogP contribution in [0.3, 0.4) is 0 Å². The van der Waals surface area contributed by atoms with Crippen LogP contribution in [0.5, 0.6) is 0 Å². The molecule has 2 atom stereocenters. The van der Waals surface area contributed by atoms with Gasteiger partial charge >= 0.3 is 11.4 Å². The van der Waals surface area contributed by atoms with Gasteiger partial charge in [0.2, 0.25) is 5.91 Å². The lowest BCUT2D eigenvalue weighted by Crippen LogP contribution is -2.46. The van der Waals surface area contributed by atoms with Crippen LogP contribution >= 0.6 is 11.8 Å². The average molecular weight is 590 g/mol. The van der Waals surface area contributed by atoms with Crippen molar-refractivity contribution in [2.75, 3.05) is 26.2 Å². The maximum absolute atomic E-state index is 13.7. The minimum absolute atomic E-state index is 0.0501. The van der Waals surface area contributed by atoms with E-state index < -0.39 is 11.7 Å². The Labute approximate surface area is 252 Å². The number of hydrogen-bond donors (Lipinski definition) is 0. The molecule has 0 aliphatic carbocycles. The van der Waals surface area contributed by atoms with E-state index in [1.807, 2.05) is 56.0 Å². The molecule has 0 bridgehead atoms. The summed E-state index contributed by atoms with van der Waals surface area (Å²) in [4.78, 5) is 47.0. The first-order chi connectivity index (χ1) is 20.1. The van der Waals surface area contributed by atoms with Crippen LogP contribution in [-0.4, -0.2) is 75.2 Å². The molecule has 1 saturated heterocycles. The zero-order valence-electron chi connectivity index (χ0n) is 24.5. The number of rotatable bonds is 10. The van der Waals surface area contributed by atoms with Gasteiger partial charge in [-0.05, 0) is 73.3 Å². The molecule has 0 N–H and O–H groups in total. The molecule has 222 valence electrons. The summed E-state index contributed by atoms with van der Waals surface area (Å²) in [5.74, 6) is -0.0501. The van der Waals surface area contributed by atoms with Crippen LogP contribution in [0, 0.1) is 0 Å². The minimum Gasteiger partial charge on any atom is -0.452 e. The average Bonchev–Trinajstić information content (AvgIpc) is 3.35. The minimum atomic E-state index is -0.609. The first-order valence-electron chi connectivity index (χ1n) is 14.2. The monoisotopic (exact) mass is 589 g/mol. The SMILES string of the molecule is C=CCOC(=O)N1C[C@@H](SC(=O)OC(C)(C)C)C[C@H]1CN(CCc1cccc2ccccc12)C(=O)Cc1cccnc1. The molecular formula is C33H39N3O5S. The number of fused-ring (bicyclic) bond motifs is 1. The summed E-state index contributed by atoms with van der Waals surface area (Å²) in [5, 5.41) is 1.74. The molecule has 8 nitrogen and oxygen atoms in total. The number of amides is 2. The number of aromatic nitrogens is 1. The highest BCUT2D eigenvalue weighted by Crippen LogP contribution is 2.31. The number of pyridine rings is 1. The molecule has 9 heteroatoms. The Morgan fingerprint density at radius 1 is 1.12 bits per heavy atom. The summed E-state index contributed by atoms with van der Waals surface area (Å²) >= 11 is 1.09. The highest BCUT2D eigenvalue weighted by atomic mass is 32.2. The Bertz CT molecular complexity index is 1390. The molecule has 1 aromatic heterocycles. The molecule has 1 aliphatic heterocycles. The van der Waals surface area contributed by atoms with Gasteiger partial charge in [-0.3, -0.25) is 9.78 Å². The van der Waals surface area contributed by atoms with Crippen molar-refractivity contribution >= 4 is 39.8 Å².